The zero-order valence-electron chi connectivity index (χ0n) is 17.1. The van der Waals surface area contributed by atoms with Crippen LogP contribution in [0.15, 0.2) is 11.4 Å². The van der Waals surface area contributed by atoms with Gasteiger partial charge in [-0.2, -0.15) is 0 Å². The molecule has 0 aliphatic carbocycles. The van der Waals surface area contributed by atoms with Crippen molar-refractivity contribution in [1.29, 1.82) is 0 Å². The number of aliphatic hydroxyl groups is 1. The maximum Gasteiger partial charge on any atom is 0.169 e. The van der Waals surface area contributed by atoms with Gasteiger partial charge in [-0.15, -0.1) is 11.3 Å². The number of piperazine rings is 1. The Labute approximate surface area is 167 Å². The van der Waals surface area contributed by atoms with Gasteiger partial charge in [-0.3, -0.25) is 14.6 Å². The Bertz CT molecular complexity index is 610. The summed E-state index contributed by atoms with van der Waals surface area (Å²) in [6.45, 7) is 12.9. The molecule has 2 aliphatic heterocycles. The highest BCUT2D eigenvalue weighted by Gasteiger charge is 2.33. The van der Waals surface area contributed by atoms with E-state index >= 15 is 0 Å². The van der Waals surface area contributed by atoms with E-state index in [4.69, 9.17) is 0 Å². The van der Waals surface area contributed by atoms with Crippen molar-refractivity contribution in [3.63, 3.8) is 0 Å². The van der Waals surface area contributed by atoms with Gasteiger partial charge < -0.3 is 10.0 Å². The Morgan fingerprint density at radius 3 is 2.59 bits per heavy atom. The minimum Gasteiger partial charge on any atom is -0.396 e. The molecule has 3 heterocycles. The van der Waals surface area contributed by atoms with E-state index < -0.39 is 0 Å². The smallest absolute Gasteiger partial charge is 0.169 e. The molecule has 3 rings (SSSR count). The van der Waals surface area contributed by atoms with E-state index in [2.05, 4.69) is 33.9 Å². The number of carbonyl (C=O) groups is 1. The molecule has 27 heavy (non-hydrogen) atoms. The second kappa shape index (κ2) is 9.61. The van der Waals surface area contributed by atoms with Crippen molar-refractivity contribution in [2.45, 2.75) is 64.7 Å². The number of thiophene rings is 1. The van der Waals surface area contributed by atoms with Crippen LogP contribution >= 0.6 is 11.3 Å². The maximum absolute atomic E-state index is 11.5. The van der Waals surface area contributed by atoms with Gasteiger partial charge in [0, 0.05) is 50.9 Å². The average molecular weight is 394 g/mol. The number of piperidine rings is 1. The van der Waals surface area contributed by atoms with Crippen LogP contribution in [0.4, 0.5) is 0 Å². The van der Waals surface area contributed by atoms with Crippen molar-refractivity contribution < 1.29 is 9.90 Å². The molecule has 0 spiro atoms. The summed E-state index contributed by atoms with van der Waals surface area (Å²) in [6.07, 6.45) is 3.34. The van der Waals surface area contributed by atoms with Crippen molar-refractivity contribution >= 4 is 17.1 Å². The van der Waals surface area contributed by atoms with E-state index in [1.165, 1.54) is 31.5 Å². The molecular formula is C21H35N3O2S. The molecular weight excluding hydrogens is 358 g/mol. The number of likely N-dealkylation sites (tertiary alicyclic amines) is 1. The topological polar surface area (TPSA) is 47.0 Å². The third kappa shape index (κ3) is 5.39. The van der Waals surface area contributed by atoms with E-state index in [1.807, 2.05) is 6.07 Å². The summed E-state index contributed by atoms with van der Waals surface area (Å²) in [6, 6.07) is 3.78. The Hall–Kier alpha value is -0.790. The van der Waals surface area contributed by atoms with Crippen LogP contribution in [0.2, 0.25) is 0 Å². The first-order chi connectivity index (χ1) is 13.0. The zero-order valence-corrected chi connectivity index (χ0v) is 17.9. The van der Waals surface area contributed by atoms with Crippen LogP contribution in [0.3, 0.4) is 0 Å². The Kier molecular flexibility index (Phi) is 7.45. The monoisotopic (exact) mass is 393 g/mol. The first kappa shape index (κ1) is 20.9. The summed E-state index contributed by atoms with van der Waals surface area (Å²) in [5.41, 5.74) is 1.24. The van der Waals surface area contributed by atoms with E-state index in [-0.39, 0.29) is 12.4 Å². The number of carbonyl (C=O) groups excluding carboxylic acids is 1. The van der Waals surface area contributed by atoms with Crippen molar-refractivity contribution in [3.05, 3.63) is 21.9 Å². The standard InChI is InChI=1S/C21H35N3O2S/c1-16(2)23-7-4-19(5-8-23)24-10-9-22(14-20(24)6-11-25)13-18-12-21(17(3)26)27-15-18/h12,15-16,19-20,25H,4-11,13-14H2,1-3H3/t20-/m0/s1. The van der Waals surface area contributed by atoms with Crippen molar-refractivity contribution in [2.75, 3.05) is 39.3 Å². The highest BCUT2D eigenvalue weighted by Crippen LogP contribution is 2.25. The molecule has 5 nitrogen and oxygen atoms in total. The van der Waals surface area contributed by atoms with E-state index in [0.717, 1.165) is 37.5 Å². The predicted molar refractivity (Wildman–Crippen MR) is 112 cm³/mol. The SMILES string of the molecule is CC(=O)c1cc(CN2CCN(C3CCN(C(C)C)CC3)[C@@H](CCO)C2)cs1. The van der Waals surface area contributed by atoms with Gasteiger partial charge >= 0.3 is 0 Å². The van der Waals surface area contributed by atoms with E-state index in [1.54, 1.807) is 18.3 Å². The third-order valence-corrected chi connectivity index (χ3v) is 7.26. The van der Waals surface area contributed by atoms with Gasteiger partial charge in [-0.25, -0.2) is 0 Å². The van der Waals surface area contributed by atoms with Crippen LogP contribution in [-0.4, -0.2) is 83.0 Å². The molecule has 1 atom stereocenters. The predicted octanol–water partition coefficient (Wildman–Crippen LogP) is 2.69. The van der Waals surface area contributed by atoms with Crippen LogP contribution in [-0.2, 0) is 6.54 Å². The van der Waals surface area contributed by atoms with E-state index in [0.29, 0.717) is 18.1 Å². The van der Waals surface area contributed by atoms with Gasteiger partial charge in [0.05, 0.1) is 4.88 Å². The molecule has 2 saturated heterocycles. The normalized spacial score (nSPS) is 24.0. The summed E-state index contributed by atoms with van der Waals surface area (Å²) in [5, 5.41) is 11.7. The third-order valence-electron chi connectivity index (χ3n) is 6.18. The van der Waals surface area contributed by atoms with Crippen LogP contribution in [0, 0.1) is 0 Å². The van der Waals surface area contributed by atoms with Crippen LogP contribution in [0.1, 0.15) is 55.3 Å². The van der Waals surface area contributed by atoms with Gasteiger partial charge in [0.1, 0.15) is 0 Å². The first-order valence-corrected chi connectivity index (χ1v) is 11.3. The van der Waals surface area contributed by atoms with Crippen molar-refractivity contribution in [1.82, 2.24) is 14.7 Å². The van der Waals surface area contributed by atoms with Gasteiger partial charge in [0.2, 0.25) is 0 Å². The fourth-order valence-electron chi connectivity index (χ4n) is 4.60. The maximum atomic E-state index is 11.5. The van der Waals surface area contributed by atoms with Gasteiger partial charge in [-0.05, 0) is 70.1 Å². The van der Waals surface area contributed by atoms with Gasteiger partial charge in [0.15, 0.2) is 5.78 Å². The van der Waals surface area contributed by atoms with E-state index in [9.17, 15) is 9.90 Å². The number of rotatable bonds is 7. The van der Waals surface area contributed by atoms with Crippen LogP contribution < -0.4 is 0 Å². The lowest BCUT2D eigenvalue weighted by Crippen LogP contribution is -2.58. The lowest BCUT2D eigenvalue weighted by molar-refractivity contribution is -0.00000327. The fraction of sp³-hybridized carbons (Fsp3) is 0.762. The summed E-state index contributed by atoms with van der Waals surface area (Å²) in [4.78, 5) is 20.1. The number of ketones is 1. The zero-order chi connectivity index (χ0) is 19.4. The highest BCUT2D eigenvalue weighted by molar-refractivity contribution is 7.12. The number of hydrogen-bond acceptors (Lipinski definition) is 6. The molecule has 2 fully saturated rings. The molecule has 1 aromatic heterocycles. The number of nitrogens with zero attached hydrogens (tertiary/aromatic N) is 3. The second-order valence-corrected chi connectivity index (χ2v) is 9.29. The highest BCUT2D eigenvalue weighted by atomic mass is 32.1. The molecule has 1 aromatic rings. The molecule has 0 bridgehead atoms. The summed E-state index contributed by atoms with van der Waals surface area (Å²) in [7, 11) is 0. The molecule has 0 amide bonds. The molecule has 0 aromatic carbocycles. The summed E-state index contributed by atoms with van der Waals surface area (Å²) < 4.78 is 0. The van der Waals surface area contributed by atoms with Crippen molar-refractivity contribution in [2.24, 2.45) is 0 Å². The Balaban J connectivity index is 1.57. The van der Waals surface area contributed by atoms with Gasteiger partial charge in [-0.1, -0.05) is 0 Å². The Morgan fingerprint density at radius 1 is 1.26 bits per heavy atom. The largest absolute Gasteiger partial charge is 0.396 e. The summed E-state index contributed by atoms with van der Waals surface area (Å²) in [5.74, 6) is 0.155. The van der Waals surface area contributed by atoms with Crippen molar-refractivity contribution in [3.8, 4) is 0 Å². The first-order valence-electron chi connectivity index (χ1n) is 10.4. The molecule has 6 heteroatoms. The lowest BCUT2D eigenvalue weighted by Gasteiger charge is -2.48. The quantitative estimate of drug-likeness (QED) is 0.722. The lowest BCUT2D eigenvalue weighted by atomic mass is 9.97. The molecule has 0 unspecified atom stereocenters. The molecule has 152 valence electrons. The van der Waals surface area contributed by atoms with Gasteiger partial charge in [0.25, 0.3) is 0 Å². The number of aliphatic hydroxyl groups excluding tert-OH is 1. The molecule has 1 N–H and O–H groups in total. The molecule has 0 radical (unpaired) electrons. The number of hydrogen-bond donors (Lipinski definition) is 1. The molecule has 0 saturated carbocycles. The summed E-state index contributed by atoms with van der Waals surface area (Å²) >= 11 is 1.55. The average Bonchev–Trinajstić information content (AvgIpc) is 3.11. The Morgan fingerprint density at radius 2 is 2.00 bits per heavy atom. The molecule has 2 aliphatic rings. The number of Topliss-reactive ketones (excluding diaryl/α,β-unsaturated/α-hetero) is 1. The van der Waals surface area contributed by atoms with Crippen LogP contribution in [0.25, 0.3) is 0 Å². The minimum atomic E-state index is 0.155. The fourth-order valence-corrected chi connectivity index (χ4v) is 5.41. The van der Waals surface area contributed by atoms with Crippen LogP contribution in [0.5, 0.6) is 0 Å². The minimum absolute atomic E-state index is 0.155. The second-order valence-electron chi connectivity index (χ2n) is 8.38.